The summed E-state index contributed by atoms with van der Waals surface area (Å²) in [6, 6.07) is 6.78. The Kier molecular flexibility index (Phi) is 6.73. The molecular weight excluding hydrogens is 466 g/mol. The molecule has 11 heteroatoms. The Labute approximate surface area is 197 Å². The van der Waals surface area contributed by atoms with Crippen LogP contribution in [0.3, 0.4) is 0 Å². The van der Waals surface area contributed by atoms with Crippen LogP contribution in [0.15, 0.2) is 57.6 Å². The van der Waals surface area contributed by atoms with Gasteiger partial charge in [0.05, 0.1) is 34.1 Å². The molecule has 2 aromatic heterocycles. The maximum atomic E-state index is 13.5. The Balaban J connectivity index is 1.88. The highest BCUT2D eigenvalue weighted by molar-refractivity contribution is 7.07. The van der Waals surface area contributed by atoms with Gasteiger partial charge in [-0.25, -0.2) is 9.79 Å². The van der Waals surface area contributed by atoms with Gasteiger partial charge in [0, 0.05) is 12.7 Å². The number of aromatic nitrogens is 3. The fourth-order valence-electron chi connectivity index (χ4n) is 3.70. The standard InChI is InChI=1S/C23H22F2N4O4S/c1-4-28-11-10-15(27-28)12-17-20(30)29-19(14-6-8-16(9-7-14)33-22(24)25)18(21(31)32-5-2)13(3)26-23(29)34-17/h6-12,19,22H,4-5H2,1-3H3/b17-12+/t19-/m1/s1. The second kappa shape index (κ2) is 9.72. The number of hydrogen-bond acceptors (Lipinski definition) is 7. The molecule has 0 bridgehead atoms. The van der Waals surface area contributed by atoms with E-state index < -0.39 is 18.6 Å². The summed E-state index contributed by atoms with van der Waals surface area (Å²) in [5.74, 6) is -0.631. The number of allylic oxidation sites excluding steroid dienone is 1. The van der Waals surface area contributed by atoms with E-state index in [1.165, 1.54) is 28.0 Å². The van der Waals surface area contributed by atoms with Crippen LogP contribution in [0.1, 0.15) is 38.1 Å². The lowest BCUT2D eigenvalue weighted by atomic mass is 9.96. The number of carbonyl (C=O) groups is 1. The molecule has 0 radical (unpaired) electrons. The Morgan fingerprint density at radius 2 is 1.97 bits per heavy atom. The molecule has 0 saturated heterocycles. The van der Waals surface area contributed by atoms with Gasteiger partial charge in [-0.05, 0) is 50.6 Å². The van der Waals surface area contributed by atoms with Gasteiger partial charge in [0.2, 0.25) is 0 Å². The lowest BCUT2D eigenvalue weighted by Crippen LogP contribution is -2.39. The predicted octanol–water partition coefficient (Wildman–Crippen LogP) is 2.62. The van der Waals surface area contributed by atoms with Gasteiger partial charge in [0.25, 0.3) is 5.56 Å². The Hall–Kier alpha value is -3.60. The van der Waals surface area contributed by atoms with Crippen molar-refractivity contribution in [2.75, 3.05) is 6.61 Å². The topological polar surface area (TPSA) is 87.7 Å². The van der Waals surface area contributed by atoms with Gasteiger partial charge in [-0.15, -0.1) is 0 Å². The Morgan fingerprint density at radius 3 is 2.59 bits per heavy atom. The van der Waals surface area contributed by atoms with Gasteiger partial charge in [-0.1, -0.05) is 23.5 Å². The van der Waals surface area contributed by atoms with E-state index in [0.29, 0.717) is 32.8 Å². The van der Waals surface area contributed by atoms with E-state index in [1.54, 1.807) is 42.8 Å². The fraction of sp³-hybridized carbons (Fsp3) is 0.304. The number of alkyl halides is 2. The van der Waals surface area contributed by atoms with Crippen molar-refractivity contribution < 1.29 is 23.0 Å². The maximum absolute atomic E-state index is 13.5. The van der Waals surface area contributed by atoms with Crippen LogP contribution in [0.2, 0.25) is 0 Å². The molecule has 4 rings (SSSR count). The van der Waals surface area contributed by atoms with Crippen molar-refractivity contribution in [1.29, 1.82) is 0 Å². The molecule has 1 aliphatic heterocycles. The first kappa shape index (κ1) is 23.6. The van der Waals surface area contributed by atoms with Crippen molar-refractivity contribution in [1.82, 2.24) is 14.3 Å². The summed E-state index contributed by atoms with van der Waals surface area (Å²) in [4.78, 5) is 31.2. The normalized spacial score (nSPS) is 15.9. The number of rotatable bonds is 7. The molecule has 0 amide bonds. The molecule has 1 aromatic carbocycles. The first-order valence-electron chi connectivity index (χ1n) is 10.6. The Bertz CT molecular complexity index is 1420. The highest BCUT2D eigenvalue weighted by Gasteiger charge is 2.33. The molecule has 0 spiro atoms. The van der Waals surface area contributed by atoms with Gasteiger partial charge in [-0.3, -0.25) is 14.0 Å². The van der Waals surface area contributed by atoms with E-state index in [1.807, 2.05) is 13.1 Å². The van der Waals surface area contributed by atoms with Crippen LogP contribution in [-0.4, -0.2) is 33.5 Å². The SMILES string of the molecule is CCOC(=O)C1=C(C)N=c2s/c(=C/c3ccn(CC)n3)c(=O)n2[C@@H]1c1ccc(OC(F)F)cc1. The van der Waals surface area contributed by atoms with Crippen molar-refractivity contribution in [3.63, 3.8) is 0 Å². The summed E-state index contributed by atoms with van der Waals surface area (Å²) >= 11 is 1.18. The third kappa shape index (κ3) is 4.56. The van der Waals surface area contributed by atoms with Gasteiger partial charge in [0.1, 0.15) is 5.75 Å². The van der Waals surface area contributed by atoms with E-state index in [0.717, 1.165) is 0 Å². The minimum absolute atomic E-state index is 0.0314. The van der Waals surface area contributed by atoms with Crippen LogP contribution in [-0.2, 0) is 16.1 Å². The number of aryl methyl sites for hydroxylation is 1. The minimum Gasteiger partial charge on any atom is -0.463 e. The first-order valence-corrected chi connectivity index (χ1v) is 11.4. The molecule has 0 fully saturated rings. The van der Waals surface area contributed by atoms with Crippen molar-refractivity contribution >= 4 is 23.4 Å². The maximum Gasteiger partial charge on any atom is 0.387 e. The molecule has 8 nitrogen and oxygen atoms in total. The van der Waals surface area contributed by atoms with Crippen molar-refractivity contribution in [2.45, 2.75) is 40.0 Å². The number of thiazole rings is 1. The van der Waals surface area contributed by atoms with Crippen LogP contribution in [0, 0.1) is 0 Å². The molecule has 0 aliphatic carbocycles. The van der Waals surface area contributed by atoms with Crippen LogP contribution < -0.4 is 19.6 Å². The highest BCUT2D eigenvalue weighted by Crippen LogP contribution is 2.31. The molecule has 0 unspecified atom stereocenters. The van der Waals surface area contributed by atoms with E-state index in [4.69, 9.17) is 4.74 Å². The quantitative estimate of drug-likeness (QED) is 0.477. The number of halogens is 2. The highest BCUT2D eigenvalue weighted by atomic mass is 32.1. The van der Waals surface area contributed by atoms with E-state index in [2.05, 4.69) is 14.8 Å². The zero-order valence-corrected chi connectivity index (χ0v) is 19.5. The van der Waals surface area contributed by atoms with Gasteiger partial charge < -0.3 is 9.47 Å². The molecule has 0 N–H and O–H groups in total. The van der Waals surface area contributed by atoms with Gasteiger partial charge in [0.15, 0.2) is 4.80 Å². The van der Waals surface area contributed by atoms with Crippen molar-refractivity contribution in [2.24, 2.45) is 4.99 Å². The zero-order chi connectivity index (χ0) is 24.4. The summed E-state index contributed by atoms with van der Waals surface area (Å²) in [7, 11) is 0. The zero-order valence-electron chi connectivity index (χ0n) is 18.7. The molecule has 178 valence electrons. The molecule has 3 heterocycles. The molecule has 1 atom stereocenters. The largest absolute Gasteiger partial charge is 0.463 e. The third-order valence-corrected chi connectivity index (χ3v) is 6.19. The average molecular weight is 489 g/mol. The number of esters is 1. The Morgan fingerprint density at radius 1 is 1.24 bits per heavy atom. The van der Waals surface area contributed by atoms with Crippen molar-refractivity contribution in [3.05, 3.63) is 78.7 Å². The average Bonchev–Trinajstić information content (AvgIpc) is 3.37. The lowest BCUT2D eigenvalue weighted by molar-refractivity contribution is -0.139. The van der Waals surface area contributed by atoms with Crippen LogP contribution in [0.4, 0.5) is 8.78 Å². The van der Waals surface area contributed by atoms with E-state index >= 15 is 0 Å². The number of benzene rings is 1. The fourth-order valence-corrected chi connectivity index (χ4v) is 4.73. The number of ether oxygens (including phenoxy) is 2. The molecule has 1 aliphatic rings. The predicted molar refractivity (Wildman–Crippen MR) is 121 cm³/mol. The lowest BCUT2D eigenvalue weighted by Gasteiger charge is -2.24. The summed E-state index contributed by atoms with van der Waals surface area (Å²) in [5.41, 5.74) is 1.43. The van der Waals surface area contributed by atoms with Crippen LogP contribution in [0.5, 0.6) is 5.75 Å². The molecule has 34 heavy (non-hydrogen) atoms. The number of hydrogen-bond donors (Lipinski definition) is 0. The van der Waals surface area contributed by atoms with Crippen LogP contribution in [0.25, 0.3) is 6.08 Å². The first-order chi connectivity index (χ1) is 16.3. The minimum atomic E-state index is -2.96. The number of fused-ring (bicyclic) bond motifs is 1. The second-order valence-electron chi connectivity index (χ2n) is 7.35. The van der Waals surface area contributed by atoms with Crippen LogP contribution >= 0.6 is 11.3 Å². The van der Waals surface area contributed by atoms with Crippen molar-refractivity contribution in [3.8, 4) is 5.75 Å². The summed E-state index contributed by atoms with van der Waals surface area (Å²) in [6.45, 7) is 3.20. The molecule has 0 saturated carbocycles. The smallest absolute Gasteiger partial charge is 0.387 e. The monoisotopic (exact) mass is 488 g/mol. The number of nitrogens with zero attached hydrogens (tertiary/aromatic N) is 4. The summed E-state index contributed by atoms with van der Waals surface area (Å²) < 4.78 is 38.4. The van der Waals surface area contributed by atoms with E-state index in [-0.39, 0.29) is 23.5 Å². The second-order valence-corrected chi connectivity index (χ2v) is 8.36. The van der Waals surface area contributed by atoms with Gasteiger partial charge in [-0.2, -0.15) is 13.9 Å². The van der Waals surface area contributed by atoms with Gasteiger partial charge >= 0.3 is 12.6 Å². The summed E-state index contributed by atoms with van der Waals surface area (Å²) in [5, 5.41) is 4.39. The number of carbonyl (C=O) groups excluding carboxylic acids is 1. The third-order valence-electron chi connectivity index (χ3n) is 5.20. The molecule has 3 aromatic rings. The van der Waals surface area contributed by atoms with E-state index in [9.17, 15) is 18.4 Å². The summed E-state index contributed by atoms with van der Waals surface area (Å²) in [6.07, 6.45) is 3.49. The molecular formula is C23H22F2N4O4S.